The molecule has 0 bridgehead atoms. The van der Waals surface area contributed by atoms with Crippen LogP contribution in [-0.2, 0) is 12.8 Å². The van der Waals surface area contributed by atoms with Gasteiger partial charge >= 0.3 is 0 Å². The number of hydrogen-bond acceptors (Lipinski definition) is 2. The summed E-state index contributed by atoms with van der Waals surface area (Å²) < 4.78 is 3.39. The van der Waals surface area contributed by atoms with E-state index in [-0.39, 0.29) is 0 Å². The highest BCUT2D eigenvalue weighted by molar-refractivity contribution is 9.10. The molecular formula is C14H11BrN2S. The number of imidazole rings is 1. The molecule has 0 unspecified atom stereocenters. The lowest BCUT2D eigenvalue weighted by atomic mass is 10.2. The van der Waals surface area contributed by atoms with Crippen molar-refractivity contribution >= 4 is 32.2 Å². The van der Waals surface area contributed by atoms with Crippen LogP contribution in [-0.4, -0.2) is 9.38 Å². The van der Waals surface area contributed by atoms with Crippen molar-refractivity contribution in [3.05, 3.63) is 45.5 Å². The molecule has 4 rings (SSSR count). The minimum atomic E-state index is 1.07. The van der Waals surface area contributed by atoms with Crippen molar-refractivity contribution in [2.45, 2.75) is 19.3 Å². The van der Waals surface area contributed by atoms with Crippen LogP contribution >= 0.6 is 27.3 Å². The van der Waals surface area contributed by atoms with E-state index in [2.05, 4.69) is 50.8 Å². The van der Waals surface area contributed by atoms with E-state index < -0.39 is 0 Å². The van der Waals surface area contributed by atoms with Crippen molar-refractivity contribution in [2.24, 2.45) is 0 Å². The number of aromatic nitrogens is 2. The number of benzene rings is 1. The molecule has 0 aliphatic heterocycles. The fourth-order valence-corrected chi connectivity index (χ4v) is 4.02. The second kappa shape index (κ2) is 3.93. The molecule has 1 aromatic carbocycles. The molecule has 0 saturated heterocycles. The van der Waals surface area contributed by atoms with Gasteiger partial charge in [-0.3, -0.25) is 4.40 Å². The van der Waals surface area contributed by atoms with E-state index in [1.165, 1.54) is 35.4 Å². The summed E-state index contributed by atoms with van der Waals surface area (Å²) in [6.45, 7) is 0. The zero-order valence-corrected chi connectivity index (χ0v) is 12.1. The van der Waals surface area contributed by atoms with Gasteiger partial charge in [-0.05, 0) is 31.4 Å². The average Bonchev–Trinajstić information content (AvgIpc) is 3.00. The lowest BCUT2D eigenvalue weighted by Gasteiger charge is -1.96. The van der Waals surface area contributed by atoms with Gasteiger partial charge in [0.2, 0.25) is 0 Å². The van der Waals surface area contributed by atoms with Gasteiger partial charge in [-0.2, -0.15) is 0 Å². The summed E-state index contributed by atoms with van der Waals surface area (Å²) in [5, 5.41) is 0. The summed E-state index contributed by atoms with van der Waals surface area (Å²) in [5.74, 6) is 0. The zero-order valence-electron chi connectivity index (χ0n) is 9.69. The van der Waals surface area contributed by atoms with Gasteiger partial charge in [0.1, 0.15) is 0 Å². The van der Waals surface area contributed by atoms with Crippen molar-refractivity contribution in [1.29, 1.82) is 0 Å². The van der Waals surface area contributed by atoms with Crippen molar-refractivity contribution < 1.29 is 0 Å². The van der Waals surface area contributed by atoms with Gasteiger partial charge in [0, 0.05) is 26.8 Å². The maximum atomic E-state index is 4.74. The number of hydrogen-bond donors (Lipinski definition) is 0. The second-order valence-corrected chi connectivity index (χ2v) is 6.59. The highest BCUT2D eigenvalue weighted by Gasteiger charge is 2.19. The molecule has 0 atom stereocenters. The summed E-state index contributed by atoms with van der Waals surface area (Å²) in [5.41, 5.74) is 3.73. The molecule has 3 aromatic rings. The third kappa shape index (κ3) is 1.56. The number of aryl methyl sites for hydroxylation is 2. The molecule has 2 nitrogen and oxygen atoms in total. The first-order valence-corrected chi connectivity index (χ1v) is 7.68. The Morgan fingerprint density at radius 3 is 2.83 bits per heavy atom. The molecular weight excluding hydrogens is 308 g/mol. The molecule has 0 spiro atoms. The van der Waals surface area contributed by atoms with E-state index in [0.717, 1.165) is 15.1 Å². The molecule has 4 heteroatoms. The summed E-state index contributed by atoms with van der Waals surface area (Å²) in [4.78, 5) is 7.41. The Morgan fingerprint density at radius 1 is 1.17 bits per heavy atom. The Bertz CT molecular complexity index is 724. The van der Waals surface area contributed by atoms with E-state index >= 15 is 0 Å². The number of fused-ring (bicyclic) bond motifs is 3. The third-order valence-corrected chi connectivity index (χ3v) is 5.14. The predicted molar refractivity (Wildman–Crippen MR) is 78.2 cm³/mol. The first-order chi connectivity index (χ1) is 8.81. The Hall–Kier alpha value is -1.13. The Kier molecular flexibility index (Phi) is 2.35. The lowest BCUT2D eigenvalue weighted by molar-refractivity contribution is 0.888. The normalized spacial score (nSPS) is 14.3. The van der Waals surface area contributed by atoms with Crippen molar-refractivity contribution in [3.63, 3.8) is 0 Å². The molecule has 0 amide bonds. The summed E-state index contributed by atoms with van der Waals surface area (Å²) >= 11 is 5.31. The minimum absolute atomic E-state index is 1.07. The van der Waals surface area contributed by atoms with Gasteiger partial charge in [0.25, 0.3) is 0 Å². The molecule has 0 saturated carbocycles. The van der Waals surface area contributed by atoms with E-state index in [1.807, 2.05) is 11.3 Å². The molecule has 0 N–H and O–H groups in total. The van der Waals surface area contributed by atoms with E-state index in [0.29, 0.717) is 0 Å². The topological polar surface area (TPSA) is 17.3 Å². The number of thiazole rings is 1. The first kappa shape index (κ1) is 10.8. The minimum Gasteiger partial charge on any atom is -0.294 e. The van der Waals surface area contributed by atoms with Crippen LogP contribution in [0, 0.1) is 0 Å². The van der Waals surface area contributed by atoms with Gasteiger partial charge in [-0.15, -0.1) is 11.3 Å². The Balaban J connectivity index is 1.86. The predicted octanol–water partition coefficient (Wildman–Crippen LogP) is 4.31. The van der Waals surface area contributed by atoms with Crippen LogP contribution < -0.4 is 0 Å². The number of nitrogens with zero attached hydrogens (tertiary/aromatic N) is 2. The van der Waals surface area contributed by atoms with E-state index in [9.17, 15) is 0 Å². The van der Waals surface area contributed by atoms with E-state index in [1.54, 1.807) is 0 Å². The Labute approximate surface area is 117 Å². The van der Waals surface area contributed by atoms with Crippen molar-refractivity contribution in [3.8, 4) is 11.3 Å². The first-order valence-electron chi connectivity index (χ1n) is 6.07. The van der Waals surface area contributed by atoms with E-state index in [4.69, 9.17) is 4.98 Å². The quantitative estimate of drug-likeness (QED) is 0.653. The van der Waals surface area contributed by atoms with Crippen molar-refractivity contribution in [1.82, 2.24) is 9.38 Å². The molecule has 1 aliphatic rings. The van der Waals surface area contributed by atoms with Crippen LogP contribution in [0.4, 0.5) is 0 Å². The molecule has 1 aliphatic carbocycles. The van der Waals surface area contributed by atoms with Gasteiger partial charge in [0.05, 0.1) is 5.69 Å². The van der Waals surface area contributed by atoms with Crippen LogP contribution in [0.3, 0.4) is 0 Å². The standard InChI is InChI=1S/C14H11BrN2S/c15-10-6-4-9(5-7-10)11-8-17-12-2-1-3-13(12)18-14(17)16-11/h4-8H,1-3H2. The smallest absolute Gasteiger partial charge is 0.194 e. The zero-order chi connectivity index (χ0) is 12.1. The highest BCUT2D eigenvalue weighted by Crippen LogP contribution is 2.32. The van der Waals surface area contributed by atoms with Gasteiger partial charge in [-0.1, -0.05) is 28.1 Å². The third-order valence-electron chi connectivity index (χ3n) is 3.46. The fraction of sp³-hybridized carbons (Fsp3) is 0.214. The maximum Gasteiger partial charge on any atom is 0.194 e. The molecule has 18 heavy (non-hydrogen) atoms. The largest absolute Gasteiger partial charge is 0.294 e. The molecule has 2 heterocycles. The maximum absolute atomic E-state index is 4.74. The van der Waals surface area contributed by atoms with Crippen LogP contribution in [0.25, 0.3) is 16.2 Å². The average molecular weight is 319 g/mol. The fourth-order valence-electron chi connectivity index (χ4n) is 2.56. The van der Waals surface area contributed by atoms with Crippen molar-refractivity contribution in [2.75, 3.05) is 0 Å². The molecule has 0 radical (unpaired) electrons. The summed E-state index contributed by atoms with van der Waals surface area (Å²) in [7, 11) is 0. The lowest BCUT2D eigenvalue weighted by Crippen LogP contribution is -1.85. The summed E-state index contributed by atoms with van der Waals surface area (Å²) in [6, 6.07) is 8.34. The Morgan fingerprint density at radius 2 is 2.00 bits per heavy atom. The van der Waals surface area contributed by atoms with Gasteiger partial charge in [0.15, 0.2) is 4.96 Å². The monoisotopic (exact) mass is 318 g/mol. The van der Waals surface area contributed by atoms with Gasteiger partial charge in [-0.25, -0.2) is 4.98 Å². The molecule has 2 aromatic heterocycles. The SMILES string of the molecule is Brc1ccc(-c2cn3c4c(sc3n2)CCC4)cc1. The van der Waals surface area contributed by atoms with Crippen LogP contribution in [0.5, 0.6) is 0 Å². The number of halogens is 1. The highest BCUT2D eigenvalue weighted by atomic mass is 79.9. The molecule has 0 fully saturated rings. The van der Waals surface area contributed by atoms with Crippen LogP contribution in [0.1, 0.15) is 17.0 Å². The second-order valence-electron chi connectivity index (χ2n) is 4.61. The van der Waals surface area contributed by atoms with Gasteiger partial charge < -0.3 is 0 Å². The van der Waals surface area contributed by atoms with Crippen LogP contribution in [0.2, 0.25) is 0 Å². The molecule has 90 valence electrons. The summed E-state index contributed by atoms with van der Waals surface area (Å²) in [6.07, 6.45) is 5.91. The number of rotatable bonds is 1. The van der Waals surface area contributed by atoms with Crippen LogP contribution in [0.15, 0.2) is 34.9 Å².